The van der Waals surface area contributed by atoms with Crippen LogP contribution in [0.2, 0.25) is 0 Å². The van der Waals surface area contributed by atoms with E-state index in [0.29, 0.717) is 11.9 Å². The molecule has 0 spiro atoms. The van der Waals surface area contributed by atoms with E-state index in [4.69, 9.17) is 9.47 Å². The Morgan fingerprint density at radius 1 is 1.33 bits per heavy atom. The number of nitrogens with zero attached hydrogens (tertiary/aromatic N) is 1. The first-order valence-electron chi connectivity index (χ1n) is 7.32. The number of allylic oxidation sites excluding steroid dienone is 3. The lowest BCUT2D eigenvalue weighted by Gasteiger charge is -2.15. The topological polar surface area (TPSA) is 31.4 Å². The summed E-state index contributed by atoms with van der Waals surface area (Å²) in [6.45, 7) is 3.50. The smallest absolute Gasteiger partial charge is 0.125 e. The third kappa shape index (κ3) is 5.21. The van der Waals surface area contributed by atoms with Gasteiger partial charge < -0.3 is 9.47 Å². The standard InChI is InChI=1S/C17H23NO2S/c1-14-16(13-21-15-7-4-3-5-8-15)18-10-9-17(14)20-12-6-11-19-2/h3-5,7,9-10,15H,6,8,11-13H2,1-2H3. The average Bonchev–Trinajstić information content (AvgIpc) is 2.53. The lowest BCUT2D eigenvalue weighted by molar-refractivity contribution is 0.172. The summed E-state index contributed by atoms with van der Waals surface area (Å²) in [5, 5.41) is 0.558. The van der Waals surface area contributed by atoms with Crippen LogP contribution in [0.5, 0.6) is 5.75 Å². The minimum absolute atomic E-state index is 0.558. The molecule has 0 amide bonds. The zero-order valence-electron chi connectivity index (χ0n) is 12.7. The first-order valence-corrected chi connectivity index (χ1v) is 8.37. The molecule has 0 radical (unpaired) electrons. The monoisotopic (exact) mass is 305 g/mol. The molecule has 0 bridgehead atoms. The Kier molecular flexibility index (Phi) is 6.83. The summed E-state index contributed by atoms with van der Waals surface area (Å²) in [7, 11) is 1.71. The van der Waals surface area contributed by atoms with E-state index < -0.39 is 0 Å². The van der Waals surface area contributed by atoms with Gasteiger partial charge in [-0.25, -0.2) is 0 Å². The van der Waals surface area contributed by atoms with E-state index in [9.17, 15) is 0 Å². The van der Waals surface area contributed by atoms with Crippen LogP contribution in [-0.4, -0.2) is 30.6 Å². The van der Waals surface area contributed by atoms with E-state index in [0.717, 1.165) is 42.2 Å². The maximum Gasteiger partial charge on any atom is 0.125 e. The van der Waals surface area contributed by atoms with Crippen molar-refractivity contribution in [3.8, 4) is 5.75 Å². The molecule has 0 fully saturated rings. The first kappa shape index (κ1) is 16.1. The average molecular weight is 305 g/mol. The summed E-state index contributed by atoms with van der Waals surface area (Å²) in [6.07, 6.45) is 12.5. The van der Waals surface area contributed by atoms with Crippen LogP contribution < -0.4 is 4.74 Å². The highest BCUT2D eigenvalue weighted by Gasteiger charge is 2.10. The van der Waals surface area contributed by atoms with Crippen LogP contribution in [0.1, 0.15) is 24.1 Å². The van der Waals surface area contributed by atoms with E-state index in [1.165, 1.54) is 0 Å². The van der Waals surface area contributed by atoms with Crippen molar-refractivity contribution in [3.63, 3.8) is 0 Å². The molecule has 0 aromatic carbocycles. The maximum absolute atomic E-state index is 5.82. The van der Waals surface area contributed by atoms with Crippen LogP contribution in [-0.2, 0) is 10.5 Å². The van der Waals surface area contributed by atoms with Gasteiger partial charge >= 0.3 is 0 Å². The van der Waals surface area contributed by atoms with Gasteiger partial charge in [-0.2, -0.15) is 0 Å². The van der Waals surface area contributed by atoms with Crippen LogP contribution in [0.15, 0.2) is 36.6 Å². The summed E-state index contributed by atoms with van der Waals surface area (Å²) in [4.78, 5) is 4.50. The number of methoxy groups -OCH3 is 1. The van der Waals surface area contributed by atoms with Gasteiger partial charge in [0.1, 0.15) is 5.75 Å². The normalized spacial score (nSPS) is 17.1. The van der Waals surface area contributed by atoms with Gasteiger partial charge in [0.15, 0.2) is 0 Å². The molecule has 0 aliphatic heterocycles. The third-order valence-corrected chi connectivity index (χ3v) is 4.60. The summed E-state index contributed by atoms with van der Waals surface area (Å²) < 4.78 is 10.8. The quantitative estimate of drug-likeness (QED) is 0.681. The van der Waals surface area contributed by atoms with E-state index in [1.54, 1.807) is 7.11 Å². The van der Waals surface area contributed by atoms with Crippen molar-refractivity contribution in [1.29, 1.82) is 0 Å². The highest BCUT2D eigenvalue weighted by Crippen LogP contribution is 2.27. The lowest BCUT2D eigenvalue weighted by Crippen LogP contribution is -2.05. The maximum atomic E-state index is 5.82. The molecule has 0 saturated heterocycles. The Labute approximate surface area is 131 Å². The van der Waals surface area contributed by atoms with Crippen molar-refractivity contribution in [1.82, 2.24) is 4.98 Å². The van der Waals surface area contributed by atoms with Crippen LogP contribution >= 0.6 is 11.8 Å². The van der Waals surface area contributed by atoms with E-state index in [-0.39, 0.29) is 0 Å². The van der Waals surface area contributed by atoms with E-state index in [1.807, 2.05) is 24.0 Å². The Morgan fingerprint density at radius 2 is 2.24 bits per heavy atom. The van der Waals surface area contributed by atoms with Crippen LogP contribution in [0.3, 0.4) is 0 Å². The van der Waals surface area contributed by atoms with Gasteiger partial charge in [0.2, 0.25) is 0 Å². The molecule has 2 rings (SSSR count). The molecule has 1 aromatic heterocycles. The predicted molar refractivity (Wildman–Crippen MR) is 88.9 cm³/mol. The molecule has 0 N–H and O–H groups in total. The minimum atomic E-state index is 0.558. The highest BCUT2D eigenvalue weighted by molar-refractivity contribution is 7.99. The van der Waals surface area contributed by atoms with Crippen LogP contribution in [0, 0.1) is 6.92 Å². The highest BCUT2D eigenvalue weighted by atomic mass is 32.2. The molecule has 21 heavy (non-hydrogen) atoms. The largest absolute Gasteiger partial charge is 0.493 e. The van der Waals surface area contributed by atoms with Crippen molar-refractivity contribution in [2.45, 2.75) is 30.8 Å². The molecule has 0 saturated carbocycles. The fourth-order valence-corrected chi connectivity index (χ4v) is 3.23. The SMILES string of the molecule is COCCCOc1ccnc(CSC2C=CC=CC2)c1C. The van der Waals surface area contributed by atoms with E-state index >= 15 is 0 Å². The number of thioether (sulfide) groups is 1. The summed E-state index contributed by atoms with van der Waals surface area (Å²) >= 11 is 1.93. The van der Waals surface area contributed by atoms with Crippen molar-refractivity contribution in [2.24, 2.45) is 0 Å². The number of hydrogen-bond donors (Lipinski definition) is 0. The molecule has 1 atom stereocenters. The number of ether oxygens (including phenoxy) is 2. The molecular formula is C17H23NO2S. The van der Waals surface area contributed by atoms with E-state index in [2.05, 4.69) is 36.2 Å². The van der Waals surface area contributed by atoms with Crippen molar-refractivity contribution in [3.05, 3.63) is 47.8 Å². The fraction of sp³-hybridized carbons (Fsp3) is 0.471. The van der Waals surface area contributed by atoms with Gasteiger partial charge in [-0.15, -0.1) is 11.8 Å². The zero-order chi connectivity index (χ0) is 14.9. The second kappa shape index (κ2) is 8.90. The number of rotatable bonds is 8. The molecule has 1 aliphatic rings. The number of hydrogen-bond acceptors (Lipinski definition) is 4. The Hall–Kier alpha value is -1.26. The predicted octanol–water partition coefficient (Wildman–Crippen LogP) is 3.92. The Bertz CT molecular complexity index is 500. The molecule has 1 aromatic rings. The molecular weight excluding hydrogens is 282 g/mol. The zero-order valence-corrected chi connectivity index (χ0v) is 13.6. The van der Waals surface area contributed by atoms with Gasteiger partial charge in [0.25, 0.3) is 0 Å². The van der Waals surface area contributed by atoms with Crippen LogP contribution in [0.4, 0.5) is 0 Å². The number of pyridine rings is 1. The second-order valence-corrected chi connectivity index (χ2v) is 6.20. The van der Waals surface area contributed by atoms with Gasteiger partial charge in [-0.1, -0.05) is 24.3 Å². The van der Waals surface area contributed by atoms with Crippen molar-refractivity contribution in [2.75, 3.05) is 20.3 Å². The first-order chi connectivity index (χ1) is 10.3. The van der Waals surface area contributed by atoms with Gasteiger partial charge in [0.05, 0.1) is 12.3 Å². The van der Waals surface area contributed by atoms with Crippen molar-refractivity contribution >= 4 is 11.8 Å². The number of aromatic nitrogens is 1. The summed E-state index contributed by atoms with van der Waals surface area (Å²) in [5.41, 5.74) is 2.27. The molecule has 1 unspecified atom stereocenters. The molecule has 4 heteroatoms. The molecule has 3 nitrogen and oxygen atoms in total. The molecule has 1 aliphatic carbocycles. The molecule has 1 heterocycles. The fourth-order valence-electron chi connectivity index (χ4n) is 2.11. The summed E-state index contributed by atoms with van der Waals surface area (Å²) in [5.74, 6) is 1.86. The Morgan fingerprint density at radius 3 is 3.00 bits per heavy atom. The van der Waals surface area contributed by atoms with Crippen LogP contribution in [0.25, 0.3) is 0 Å². The minimum Gasteiger partial charge on any atom is -0.493 e. The third-order valence-electron chi connectivity index (χ3n) is 3.38. The van der Waals surface area contributed by atoms with Gasteiger partial charge in [-0.3, -0.25) is 4.98 Å². The Balaban J connectivity index is 1.87. The van der Waals surface area contributed by atoms with Gasteiger partial charge in [0, 0.05) is 42.9 Å². The molecule has 114 valence electrons. The van der Waals surface area contributed by atoms with Crippen molar-refractivity contribution < 1.29 is 9.47 Å². The van der Waals surface area contributed by atoms with Gasteiger partial charge in [-0.05, 0) is 19.4 Å². The lowest BCUT2D eigenvalue weighted by atomic mass is 10.2. The summed E-state index contributed by atoms with van der Waals surface area (Å²) in [6, 6.07) is 1.94. The second-order valence-electron chi connectivity index (χ2n) is 4.97.